The predicted molar refractivity (Wildman–Crippen MR) is 152 cm³/mol. The van der Waals surface area contributed by atoms with E-state index in [4.69, 9.17) is 0 Å². The molecule has 0 aliphatic carbocycles. The molecule has 1 aliphatic rings. The topological polar surface area (TPSA) is 90.0 Å². The number of hydrogen-bond donors (Lipinski definition) is 2. The van der Waals surface area contributed by atoms with E-state index in [1.165, 1.54) is 0 Å². The number of benzene rings is 1. The molecule has 0 unspecified atom stereocenters. The van der Waals surface area contributed by atoms with Crippen LogP contribution in [0.1, 0.15) is 16.1 Å². The van der Waals surface area contributed by atoms with E-state index in [1.54, 1.807) is 18.5 Å². The number of anilines is 2. The van der Waals surface area contributed by atoms with E-state index in [1.807, 2.05) is 37.4 Å². The minimum atomic E-state index is -0.203. The van der Waals surface area contributed by atoms with Crippen molar-refractivity contribution >= 4 is 62.2 Å². The van der Waals surface area contributed by atoms with Crippen molar-refractivity contribution in [1.82, 2.24) is 23.0 Å². The molecule has 0 saturated carbocycles. The van der Waals surface area contributed by atoms with Gasteiger partial charge in [-0.3, -0.25) is 9.78 Å². The highest BCUT2D eigenvalue weighted by Crippen LogP contribution is 2.27. The van der Waals surface area contributed by atoms with Crippen molar-refractivity contribution in [3.05, 3.63) is 78.4 Å². The minimum absolute atomic E-state index is 0.203. The van der Waals surface area contributed by atoms with Crippen molar-refractivity contribution in [2.24, 2.45) is 0 Å². The maximum atomic E-state index is 13.0. The zero-order chi connectivity index (χ0) is 24.6. The first-order chi connectivity index (χ1) is 17.5. The second-order valence-corrected chi connectivity index (χ2v) is 10.4. The van der Waals surface area contributed by atoms with E-state index in [0.717, 1.165) is 70.6 Å². The molecule has 6 rings (SSSR count). The molecule has 8 nitrogen and oxygen atoms in total. The molecule has 2 N–H and O–H groups in total. The molecule has 36 heavy (non-hydrogen) atoms. The number of aromatic nitrogens is 4. The molecule has 5 heterocycles. The normalized spacial score (nSPS) is 14.4. The zero-order valence-electron chi connectivity index (χ0n) is 19.7. The molecule has 4 aromatic heterocycles. The van der Waals surface area contributed by atoms with Crippen molar-refractivity contribution in [1.29, 1.82) is 0 Å². The van der Waals surface area contributed by atoms with Crippen LogP contribution >= 0.6 is 22.9 Å². The van der Waals surface area contributed by atoms with Crippen molar-refractivity contribution < 1.29 is 4.79 Å². The monoisotopic (exact) mass is 589 g/mol. The SMILES string of the molecule is Cc1cc2ncc(-c3ccc4cnc(NC(=O)c5ccnc(N6CCN(I)CC6)c5)cc4c3)cc2[nH]1. The predicted octanol–water partition coefficient (Wildman–Crippen LogP) is 5.21. The number of amides is 1. The maximum absolute atomic E-state index is 13.0. The Kier molecular flexibility index (Phi) is 6.02. The number of carbonyl (C=O) groups is 1. The number of hydrogen-bond acceptors (Lipinski definition) is 6. The van der Waals surface area contributed by atoms with Crippen LogP contribution < -0.4 is 10.2 Å². The zero-order valence-corrected chi connectivity index (χ0v) is 21.9. The minimum Gasteiger partial charge on any atom is -0.357 e. The van der Waals surface area contributed by atoms with Crippen LogP contribution in [0.5, 0.6) is 0 Å². The summed E-state index contributed by atoms with van der Waals surface area (Å²) in [6.45, 7) is 5.74. The van der Waals surface area contributed by atoms with Gasteiger partial charge < -0.3 is 15.2 Å². The van der Waals surface area contributed by atoms with E-state index >= 15 is 0 Å². The lowest BCUT2D eigenvalue weighted by atomic mass is 10.0. The van der Waals surface area contributed by atoms with Gasteiger partial charge in [0.2, 0.25) is 0 Å². The first-order valence-electron chi connectivity index (χ1n) is 11.8. The summed E-state index contributed by atoms with van der Waals surface area (Å²) < 4.78 is 2.26. The fourth-order valence-electron chi connectivity index (χ4n) is 4.52. The van der Waals surface area contributed by atoms with Gasteiger partial charge in [0.05, 0.1) is 11.0 Å². The Balaban J connectivity index is 1.24. The van der Waals surface area contributed by atoms with Crippen LogP contribution in [0, 0.1) is 6.92 Å². The van der Waals surface area contributed by atoms with Crippen molar-refractivity contribution in [3.63, 3.8) is 0 Å². The molecule has 9 heteroatoms. The molecule has 0 spiro atoms. The number of rotatable bonds is 4. The molecule has 1 amide bonds. The quantitative estimate of drug-likeness (QED) is 0.221. The molecule has 0 bridgehead atoms. The standard InChI is InChI=1S/C27H24IN7O/c1-17-10-23-24(32-17)12-22(16-30-23)18-2-3-20-15-31-25(13-21(20)11-18)33-27(36)19-4-5-29-26(14-19)34-6-8-35(28)9-7-34/h2-5,10-16,32H,6-9H2,1H3,(H,31,33,36). The van der Waals surface area contributed by atoms with Gasteiger partial charge in [-0.1, -0.05) is 12.1 Å². The van der Waals surface area contributed by atoms with Crippen molar-refractivity contribution in [2.75, 3.05) is 36.4 Å². The number of piperazine rings is 1. The van der Waals surface area contributed by atoms with Gasteiger partial charge in [0.15, 0.2) is 0 Å². The summed E-state index contributed by atoms with van der Waals surface area (Å²) in [6.07, 6.45) is 5.37. The van der Waals surface area contributed by atoms with Gasteiger partial charge in [-0.05, 0) is 54.3 Å². The van der Waals surface area contributed by atoms with Gasteiger partial charge in [0.1, 0.15) is 11.6 Å². The largest absolute Gasteiger partial charge is 0.357 e. The number of carbonyl (C=O) groups excluding carboxylic acids is 1. The fourth-order valence-corrected chi connectivity index (χ4v) is 4.95. The number of nitrogens with zero attached hydrogens (tertiary/aromatic N) is 5. The number of aromatic amines is 1. The van der Waals surface area contributed by atoms with Crippen molar-refractivity contribution in [2.45, 2.75) is 6.92 Å². The highest BCUT2D eigenvalue weighted by molar-refractivity contribution is 14.1. The van der Waals surface area contributed by atoms with E-state index in [-0.39, 0.29) is 5.91 Å². The number of H-pyrrole nitrogens is 1. The second kappa shape index (κ2) is 9.47. The summed E-state index contributed by atoms with van der Waals surface area (Å²) in [4.78, 5) is 32.1. The summed E-state index contributed by atoms with van der Waals surface area (Å²) in [5.74, 6) is 1.13. The molecule has 1 fully saturated rings. The fraction of sp³-hybridized carbons (Fsp3) is 0.185. The average molecular weight is 589 g/mol. The van der Waals surface area contributed by atoms with Crippen LogP contribution in [0.3, 0.4) is 0 Å². The molecule has 1 aromatic carbocycles. The highest BCUT2D eigenvalue weighted by Gasteiger charge is 2.18. The third-order valence-corrected chi connectivity index (χ3v) is 7.42. The Labute approximate surface area is 222 Å². The van der Waals surface area contributed by atoms with Gasteiger partial charge >= 0.3 is 0 Å². The highest BCUT2D eigenvalue weighted by atomic mass is 127. The van der Waals surface area contributed by atoms with Gasteiger partial charge in [-0.15, -0.1) is 0 Å². The van der Waals surface area contributed by atoms with Gasteiger partial charge in [0.25, 0.3) is 5.91 Å². The maximum Gasteiger partial charge on any atom is 0.257 e. The molecule has 5 aromatic rings. The van der Waals surface area contributed by atoms with Gasteiger partial charge in [-0.2, -0.15) is 0 Å². The summed E-state index contributed by atoms with van der Waals surface area (Å²) in [7, 11) is 0. The molecule has 1 saturated heterocycles. The number of fused-ring (bicyclic) bond motifs is 2. The lowest BCUT2D eigenvalue weighted by molar-refractivity contribution is 0.102. The van der Waals surface area contributed by atoms with E-state index < -0.39 is 0 Å². The Bertz CT molecular complexity index is 1590. The summed E-state index contributed by atoms with van der Waals surface area (Å²) in [6, 6.07) is 15.8. The van der Waals surface area contributed by atoms with Crippen LogP contribution in [-0.4, -0.2) is 55.1 Å². The smallest absolute Gasteiger partial charge is 0.257 e. The van der Waals surface area contributed by atoms with Crippen LogP contribution in [0.15, 0.2) is 67.1 Å². The van der Waals surface area contributed by atoms with Crippen LogP contribution in [0.2, 0.25) is 0 Å². The van der Waals surface area contributed by atoms with Crippen molar-refractivity contribution in [3.8, 4) is 11.1 Å². The molecule has 0 atom stereocenters. The second-order valence-electron chi connectivity index (χ2n) is 8.99. The molecule has 0 radical (unpaired) electrons. The first kappa shape index (κ1) is 22.9. The molecular formula is C27H24IN7O. The third kappa shape index (κ3) is 4.63. The lowest BCUT2D eigenvalue weighted by Gasteiger charge is -2.32. The Morgan fingerprint density at radius 1 is 0.917 bits per heavy atom. The van der Waals surface area contributed by atoms with E-state index in [0.29, 0.717) is 11.4 Å². The molecule has 1 aliphatic heterocycles. The summed E-state index contributed by atoms with van der Waals surface area (Å²) in [5.41, 5.74) is 5.70. The van der Waals surface area contributed by atoms with Gasteiger partial charge in [-0.25, -0.2) is 13.1 Å². The van der Waals surface area contributed by atoms with Gasteiger partial charge in [0, 0.05) is 89.8 Å². The molecule has 180 valence electrons. The molecular weight excluding hydrogens is 565 g/mol. The lowest BCUT2D eigenvalue weighted by Crippen LogP contribution is -2.42. The number of nitrogens with one attached hydrogen (secondary N) is 2. The summed E-state index contributed by atoms with van der Waals surface area (Å²) in [5, 5.41) is 4.95. The Morgan fingerprint density at radius 3 is 2.64 bits per heavy atom. The number of aryl methyl sites for hydroxylation is 1. The van der Waals surface area contributed by atoms with Crippen LogP contribution in [-0.2, 0) is 0 Å². The van der Waals surface area contributed by atoms with Crippen LogP contribution in [0.25, 0.3) is 32.9 Å². The third-order valence-electron chi connectivity index (χ3n) is 6.46. The average Bonchev–Trinajstić information content (AvgIpc) is 3.28. The first-order valence-corrected chi connectivity index (χ1v) is 12.8. The number of pyridine rings is 3. The number of halogens is 1. The Morgan fingerprint density at radius 2 is 1.78 bits per heavy atom. The van der Waals surface area contributed by atoms with Crippen LogP contribution in [0.4, 0.5) is 11.6 Å². The van der Waals surface area contributed by atoms with E-state index in [2.05, 4.69) is 74.3 Å². The van der Waals surface area contributed by atoms with E-state index in [9.17, 15) is 4.79 Å². The Hall–Kier alpha value is -3.57. The summed E-state index contributed by atoms with van der Waals surface area (Å²) >= 11 is 2.34.